The van der Waals surface area contributed by atoms with Crippen LogP contribution in [0.25, 0.3) is 0 Å². The fourth-order valence-corrected chi connectivity index (χ4v) is 2.37. The van der Waals surface area contributed by atoms with Gasteiger partial charge >= 0.3 is 0 Å². The summed E-state index contributed by atoms with van der Waals surface area (Å²) in [7, 11) is 1.62. The number of rotatable bonds is 11. The van der Waals surface area contributed by atoms with Crippen molar-refractivity contribution in [1.82, 2.24) is 5.32 Å². The molecule has 0 aliphatic carbocycles. The summed E-state index contributed by atoms with van der Waals surface area (Å²) < 4.78 is 22.2. The lowest BCUT2D eigenvalue weighted by Crippen LogP contribution is -2.21. The SMILES string of the molecule is CCOc1cc(CNC(=O)CC#N)ccc1OCCOc1ccc(OC)cc1. The van der Waals surface area contributed by atoms with E-state index in [4.69, 9.17) is 24.2 Å². The molecule has 0 radical (unpaired) electrons. The molecule has 0 saturated heterocycles. The van der Waals surface area contributed by atoms with Crippen molar-refractivity contribution in [3.8, 4) is 29.1 Å². The number of carbonyl (C=O) groups excluding carboxylic acids is 1. The Morgan fingerprint density at radius 1 is 1.00 bits per heavy atom. The first-order valence-electron chi connectivity index (χ1n) is 8.95. The molecule has 2 aromatic rings. The number of ether oxygens (including phenoxy) is 4. The average Bonchev–Trinajstić information content (AvgIpc) is 2.71. The van der Waals surface area contributed by atoms with Crippen LogP contribution in [0.15, 0.2) is 42.5 Å². The van der Waals surface area contributed by atoms with Crippen molar-refractivity contribution in [3.05, 3.63) is 48.0 Å². The van der Waals surface area contributed by atoms with Crippen LogP contribution in [0.5, 0.6) is 23.0 Å². The molecular weight excluding hydrogens is 360 g/mol. The molecule has 0 aliphatic heterocycles. The molecule has 0 saturated carbocycles. The molecule has 0 heterocycles. The number of nitrogens with one attached hydrogen (secondary N) is 1. The smallest absolute Gasteiger partial charge is 0.234 e. The topological polar surface area (TPSA) is 89.8 Å². The zero-order valence-electron chi connectivity index (χ0n) is 16.1. The van der Waals surface area contributed by atoms with Crippen LogP contribution in [0.1, 0.15) is 18.9 Å². The lowest BCUT2D eigenvalue weighted by atomic mass is 10.2. The van der Waals surface area contributed by atoms with Crippen LogP contribution in [-0.2, 0) is 11.3 Å². The number of hydrogen-bond donors (Lipinski definition) is 1. The summed E-state index contributed by atoms with van der Waals surface area (Å²) in [4.78, 5) is 11.4. The van der Waals surface area contributed by atoms with E-state index in [0.29, 0.717) is 37.9 Å². The van der Waals surface area contributed by atoms with E-state index in [2.05, 4.69) is 5.32 Å². The molecule has 0 aromatic heterocycles. The average molecular weight is 384 g/mol. The second-order valence-electron chi connectivity index (χ2n) is 5.70. The number of nitrogens with zero attached hydrogens (tertiary/aromatic N) is 1. The molecule has 0 atom stereocenters. The molecule has 7 nitrogen and oxygen atoms in total. The van der Waals surface area contributed by atoms with E-state index in [1.807, 2.05) is 49.4 Å². The highest BCUT2D eigenvalue weighted by Crippen LogP contribution is 2.28. The molecule has 0 fully saturated rings. The van der Waals surface area contributed by atoms with E-state index in [-0.39, 0.29) is 12.3 Å². The molecule has 2 rings (SSSR count). The van der Waals surface area contributed by atoms with Gasteiger partial charge in [0.05, 0.1) is 19.8 Å². The lowest BCUT2D eigenvalue weighted by Gasteiger charge is -2.14. The summed E-state index contributed by atoms with van der Waals surface area (Å²) in [6.07, 6.45) is -0.159. The van der Waals surface area contributed by atoms with Crippen LogP contribution in [0.3, 0.4) is 0 Å². The van der Waals surface area contributed by atoms with Gasteiger partial charge in [-0.25, -0.2) is 0 Å². The maximum Gasteiger partial charge on any atom is 0.234 e. The van der Waals surface area contributed by atoms with Crippen molar-refractivity contribution in [2.45, 2.75) is 19.9 Å². The van der Waals surface area contributed by atoms with Gasteiger partial charge in [-0.2, -0.15) is 5.26 Å². The van der Waals surface area contributed by atoms with Gasteiger partial charge in [-0.3, -0.25) is 4.79 Å². The summed E-state index contributed by atoms with van der Waals surface area (Å²) in [5, 5.41) is 11.2. The van der Waals surface area contributed by atoms with E-state index in [1.54, 1.807) is 13.2 Å². The maximum atomic E-state index is 11.4. The van der Waals surface area contributed by atoms with Gasteiger partial charge in [-0.05, 0) is 48.9 Å². The summed E-state index contributed by atoms with van der Waals surface area (Å²) in [6.45, 7) is 3.43. The van der Waals surface area contributed by atoms with Gasteiger partial charge in [0.2, 0.25) is 5.91 Å². The Morgan fingerprint density at radius 3 is 2.39 bits per heavy atom. The minimum atomic E-state index is -0.309. The number of amides is 1. The molecule has 0 spiro atoms. The van der Waals surface area contributed by atoms with Crippen molar-refractivity contribution >= 4 is 5.91 Å². The molecule has 1 N–H and O–H groups in total. The Bertz CT molecular complexity index is 799. The van der Waals surface area contributed by atoms with Crippen molar-refractivity contribution in [2.24, 2.45) is 0 Å². The summed E-state index contributed by atoms with van der Waals surface area (Å²) in [6, 6.07) is 14.6. The molecule has 28 heavy (non-hydrogen) atoms. The summed E-state index contributed by atoms with van der Waals surface area (Å²) >= 11 is 0. The van der Waals surface area contributed by atoms with E-state index in [1.165, 1.54) is 0 Å². The monoisotopic (exact) mass is 384 g/mol. The van der Waals surface area contributed by atoms with Crippen LogP contribution < -0.4 is 24.3 Å². The third-order valence-corrected chi connectivity index (χ3v) is 3.71. The van der Waals surface area contributed by atoms with Crippen LogP contribution >= 0.6 is 0 Å². The Hall–Kier alpha value is -3.40. The second kappa shape index (κ2) is 11.3. The molecule has 1 amide bonds. The number of benzene rings is 2. The van der Waals surface area contributed by atoms with Gasteiger partial charge in [-0.1, -0.05) is 6.07 Å². The first-order chi connectivity index (χ1) is 13.7. The van der Waals surface area contributed by atoms with Crippen molar-refractivity contribution < 1.29 is 23.7 Å². The molecular formula is C21H24N2O5. The number of nitriles is 1. The van der Waals surface area contributed by atoms with Crippen LogP contribution in [0.4, 0.5) is 0 Å². The normalized spacial score (nSPS) is 9.89. The van der Waals surface area contributed by atoms with Crippen LogP contribution in [0.2, 0.25) is 0 Å². The van der Waals surface area contributed by atoms with E-state index < -0.39 is 0 Å². The Labute approximate surface area is 164 Å². The molecule has 7 heteroatoms. The standard InChI is InChI=1S/C21H24N2O5/c1-3-26-20-14-16(15-23-21(24)10-11-22)4-9-19(20)28-13-12-27-18-7-5-17(25-2)6-8-18/h4-9,14H,3,10,12-13,15H2,1-2H3,(H,23,24). The summed E-state index contributed by atoms with van der Waals surface area (Å²) in [5.41, 5.74) is 0.858. The first kappa shape index (κ1) is 20.9. The largest absolute Gasteiger partial charge is 0.497 e. The maximum absolute atomic E-state index is 11.4. The fourth-order valence-electron chi connectivity index (χ4n) is 2.37. The number of hydrogen-bond acceptors (Lipinski definition) is 6. The van der Waals surface area contributed by atoms with Gasteiger partial charge in [0, 0.05) is 6.54 Å². The number of methoxy groups -OCH3 is 1. The Kier molecular flexibility index (Phi) is 8.47. The summed E-state index contributed by atoms with van der Waals surface area (Å²) in [5.74, 6) is 2.40. The first-order valence-corrected chi connectivity index (χ1v) is 8.95. The van der Waals surface area contributed by atoms with Gasteiger partial charge < -0.3 is 24.3 Å². The molecule has 148 valence electrons. The molecule has 0 bridgehead atoms. The Morgan fingerprint density at radius 2 is 1.71 bits per heavy atom. The van der Waals surface area contributed by atoms with Crippen LogP contribution in [-0.4, -0.2) is 32.8 Å². The second-order valence-corrected chi connectivity index (χ2v) is 5.70. The fraction of sp³-hybridized carbons (Fsp3) is 0.333. The van der Waals surface area contributed by atoms with Crippen molar-refractivity contribution in [1.29, 1.82) is 5.26 Å². The highest BCUT2D eigenvalue weighted by Gasteiger charge is 2.08. The van der Waals surface area contributed by atoms with E-state index in [9.17, 15) is 4.79 Å². The van der Waals surface area contributed by atoms with E-state index in [0.717, 1.165) is 17.1 Å². The van der Waals surface area contributed by atoms with Gasteiger partial charge in [0.25, 0.3) is 0 Å². The minimum Gasteiger partial charge on any atom is -0.497 e. The zero-order chi connectivity index (χ0) is 20.2. The minimum absolute atomic E-state index is 0.159. The van der Waals surface area contributed by atoms with Gasteiger partial charge in [-0.15, -0.1) is 0 Å². The van der Waals surface area contributed by atoms with Gasteiger partial charge in [0.15, 0.2) is 11.5 Å². The predicted octanol–water partition coefficient (Wildman–Crippen LogP) is 3.08. The highest BCUT2D eigenvalue weighted by atomic mass is 16.5. The van der Waals surface area contributed by atoms with Crippen molar-refractivity contribution in [3.63, 3.8) is 0 Å². The van der Waals surface area contributed by atoms with Crippen LogP contribution in [0, 0.1) is 11.3 Å². The van der Waals surface area contributed by atoms with Crippen molar-refractivity contribution in [2.75, 3.05) is 26.9 Å². The third kappa shape index (κ3) is 6.72. The Balaban J connectivity index is 1.87. The van der Waals surface area contributed by atoms with Gasteiger partial charge in [0.1, 0.15) is 31.1 Å². The lowest BCUT2D eigenvalue weighted by molar-refractivity contribution is -0.120. The number of carbonyl (C=O) groups is 1. The molecule has 0 unspecified atom stereocenters. The molecule has 0 aliphatic rings. The predicted molar refractivity (Wildman–Crippen MR) is 104 cm³/mol. The third-order valence-electron chi connectivity index (χ3n) is 3.71. The quantitative estimate of drug-likeness (QED) is 0.599. The zero-order valence-corrected chi connectivity index (χ0v) is 16.1. The molecule has 2 aromatic carbocycles. The van der Waals surface area contributed by atoms with E-state index >= 15 is 0 Å². The highest BCUT2D eigenvalue weighted by molar-refractivity contribution is 5.77.